The third-order valence-corrected chi connectivity index (χ3v) is 3.47. The van der Waals surface area contributed by atoms with Crippen molar-refractivity contribution in [2.75, 3.05) is 0 Å². The first-order valence-corrected chi connectivity index (χ1v) is 7.01. The zero-order valence-corrected chi connectivity index (χ0v) is 12.9. The van der Waals surface area contributed by atoms with E-state index >= 15 is 0 Å². The van der Waals surface area contributed by atoms with E-state index in [9.17, 15) is 4.79 Å². The van der Waals surface area contributed by atoms with Crippen LogP contribution in [0.15, 0.2) is 41.4 Å². The Hall–Kier alpha value is -1.29. The molecule has 0 heterocycles. The van der Waals surface area contributed by atoms with Gasteiger partial charge in [-0.05, 0) is 50.3 Å². The Bertz CT molecular complexity index is 457. The van der Waals surface area contributed by atoms with Gasteiger partial charge >= 0.3 is 6.09 Å². The maximum Gasteiger partial charge on any atom is 0.405 e. The van der Waals surface area contributed by atoms with E-state index in [0.29, 0.717) is 0 Å². The molecular weight excluding hydrogens is 306 g/mol. The van der Waals surface area contributed by atoms with Crippen LogP contribution < -0.4 is 5.32 Å². The van der Waals surface area contributed by atoms with Crippen LogP contribution in [0.3, 0.4) is 0 Å². The van der Waals surface area contributed by atoms with Crippen LogP contribution in [0.1, 0.15) is 38.2 Å². The van der Waals surface area contributed by atoms with Gasteiger partial charge in [0.2, 0.25) is 0 Å². The summed E-state index contributed by atoms with van der Waals surface area (Å²) < 4.78 is 1.03. The van der Waals surface area contributed by atoms with Gasteiger partial charge < -0.3 is 10.4 Å². The predicted molar refractivity (Wildman–Crippen MR) is 81.6 cm³/mol. The van der Waals surface area contributed by atoms with Crippen molar-refractivity contribution in [3.8, 4) is 0 Å². The summed E-state index contributed by atoms with van der Waals surface area (Å²) in [7, 11) is 0. The maximum atomic E-state index is 10.8. The second-order valence-corrected chi connectivity index (χ2v) is 6.21. The van der Waals surface area contributed by atoms with Crippen molar-refractivity contribution >= 4 is 22.0 Å². The van der Waals surface area contributed by atoms with Gasteiger partial charge in [0.1, 0.15) is 0 Å². The van der Waals surface area contributed by atoms with Crippen LogP contribution >= 0.6 is 15.9 Å². The van der Waals surface area contributed by atoms with Crippen molar-refractivity contribution in [2.24, 2.45) is 0 Å². The molecule has 1 aromatic carbocycles. The molecule has 4 heteroatoms. The van der Waals surface area contributed by atoms with Crippen LogP contribution in [0.2, 0.25) is 0 Å². The van der Waals surface area contributed by atoms with Gasteiger partial charge in [-0.3, -0.25) is 0 Å². The number of carboxylic acid groups (broad SMARTS) is 1. The van der Waals surface area contributed by atoms with Crippen LogP contribution in [0.4, 0.5) is 4.79 Å². The van der Waals surface area contributed by atoms with Crippen molar-refractivity contribution < 1.29 is 9.90 Å². The van der Waals surface area contributed by atoms with Crippen LogP contribution in [-0.4, -0.2) is 16.7 Å². The highest BCUT2D eigenvalue weighted by Gasteiger charge is 2.25. The molecule has 104 valence electrons. The van der Waals surface area contributed by atoms with E-state index in [-0.39, 0.29) is 5.92 Å². The van der Waals surface area contributed by atoms with Crippen LogP contribution in [0.5, 0.6) is 0 Å². The number of rotatable bonds is 6. The van der Waals surface area contributed by atoms with Gasteiger partial charge in [0.05, 0.1) is 0 Å². The highest BCUT2D eigenvalue weighted by Crippen LogP contribution is 2.30. The summed E-state index contributed by atoms with van der Waals surface area (Å²) in [6.07, 6.45) is 2.43. The van der Waals surface area contributed by atoms with Gasteiger partial charge in [-0.25, -0.2) is 4.79 Å². The number of amides is 1. The molecule has 0 radical (unpaired) electrons. The first-order chi connectivity index (χ1) is 8.84. The molecule has 1 aromatic rings. The minimum absolute atomic E-state index is 0.247. The molecule has 1 amide bonds. The molecule has 0 aliphatic heterocycles. The van der Waals surface area contributed by atoms with Gasteiger partial charge in [-0.2, -0.15) is 0 Å². The van der Waals surface area contributed by atoms with Crippen molar-refractivity contribution in [3.05, 3.63) is 47.0 Å². The lowest BCUT2D eigenvalue weighted by atomic mass is 9.84. The fourth-order valence-corrected chi connectivity index (χ4v) is 2.67. The molecule has 19 heavy (non-hydrogen) atoms. The average molecular weight is 326 g/mol. The lowest BCUT2D eigenvalue weighted by Gasteiger charge is -2.29. The monoisotopic (exact) mass is 325 g/mol. The number of nitrogens with one attached hydrogen (secondary N) is 1. The lowest BCUT2D eigenvalue weighted by Crippen LogP contribution is -2.43. The molecule has 1 atom stereocenters. The Morgan fingerprint density at radius 3 is 2.79 bits per heavy atom. The topological polar surface area (TPSA) is 49.3 Å². The van der Waals surface area contributed by atoms with E-state index in [1.54, 1.807) is 0 Å². The summed E-state index contributed by atoms with van der Waals surface area (Å²) in [5, 5.41) is 11.4. The van der Waals surface area contributed by atoms with E-state index in [1.165, 1.54) is 5.56 Å². The van der Waals surface area contributed by atoms with E-state index in [2.05, 4.69) is 40.0 Å². The molecule has 0 aliphatic rings. The lowest BCUT2D eigenvalue weighted by molar-refractivity contribution is 0.179. The molecule has 0 unspecified atom stereocenters. The molecular formula is C15H20BrNO2. The van der Waals surface area contributed by atoms with Gasteiger partial charge in [0, 0.05) is 10.0 Å². The van der Waals surface area contributed by atoms with Gasteiger partial charge in [0.25, 0.3) is 0 Å². The minimum Gasteiger partial charge on any atom is -0.465 e. The Labute approximate surface area is 122 Å². The first kappa shape index (κ1) is 15.8. The number of hydrogen-bond donors (Lipinski definition) is 2. The highest BCUT2D eigenvalue weighted by atomic mass is 79.9. The van der Waals surface area contributed by atoms with Crippen molar-refractivity contribution in [3.63, 3.8) is 0 Å². The molecule has 2 N–H and O–H groups in total. The van der Waals surface area contributed by atoms with Crippen LogP contribution in [0, 0.1) is 0 Å². The van der Waals surface area contributed by atoms with Gasteiger partial charge in [-0.15, -0.1) is 6.58 Å². The zero-order valence-electron chi connectivity index (χ0n) is 11.3. The molecule has 3 nitrogen and oxygen atoms in total. The molecule has 0 aliphatic carbocycles. The second kappa shape index (κ2) is 6.75. The predicted octanol–water partition coefficient (Wildman–Crippen LogP) is 4.55. The van der Waals surface area contributed by atoms with Crippen molar-refractivity contribution in [2.45, 2.75) is 38.1 Å². The summed E-state index contributed by atoms with van der Waals surface area (Å²) in [6.45, 7) is 7.59. The van der Waals surface area contributed by atoms with E-state index < -0.39 is 11.6 Å². The van der Waals surface area contributed by atoms with E-state index in [4.69, 9.17) is 5.11 Å². The zero-order chi connectivity index (χ0) is 14.5. The Balaban J connectivity index is 2.89. The maximum absolute atomic E-state index is 10.8. The fourth-order valence-electron chi connectivity index (χ4n) is 2.26. The average Bonchev–Trinajstić information content (AvgIpc) is 2.26. The third-order valence-electron chi connectivity index (χ3n) is 2.97. The SMILES string of the molecule is C=CC[C@@H](CC(C)(C)NC(=O)O)c1cccc(Br)c1. The fraction of sp³-hybridized carbons (Fsp3) is 0.400. The van der Waals surface area contributed by atoms with E-state index in [0.717, 1.165) is 17.3 Å². The number of carbonyl (C=O) groups is 1. The molecule has 1 rings (SSSR count). The van der Waals surface area contributed by atoms with Crippen LogP contribution in [-0.2, 0) is 0 Å². The molecule has 0 spiro atoms. The Morgan fingerprint density at radius 2 is 2.26 bits per heavy atom. The molecule has 0 bridgehead atoms. The molecule has 0 saturated carbocycles. The van der Waals surface area contributed by atoms with Gasteiger partial charge in [-0.1, -0.05) is 34.1 Å². The van der Waals surface area contributed by atoms with Gasteiger partial charge in [0.15, 0.2) is 0 Å². The first-order valence-electron chi connectivity index (χ1n) is 6.21. The Kier molecular flexibility index (Phi) is 5.60. The summed E-state index contributed by atoms with van der Waals surface area (Å²) in [5.74, 6) is 0.247. The second-order valence-electron chi connectivity index (χ2n) is 5.29. The summed E-state index contributed by atoms with van der Waals surface area (Å²) in [6, 6.07) is 8.11. The van der Waals surface area contributed by atoms with Crippen molar-refractivity contribution in [1.82, 2.24) is 5.32 Å². The summed E-state index contributed by atoms with van der Waals surface area (Å²) in [4.78, 5) is 10.8. The Morgan fingerprint density at radius 1 is 1.58 bits per heavy atom. The molecule has 0 fully saturated rings. The van der Waals surface area contributed by atoms with E-state index in [1.807, 2.05) is 32.1 Å². The normalized spacial score (nSPS) is 12.8. The summed E-state index contributed by atoms with van der Waals surface area (Å²) in [5.41, 5.74) is 0.719. The quantitative estimate of drug-likeness (QED) is 0.754. The smallest absolute Gasteiger partial charge is 0.405 e. The minimum atomic E-state index is -0.989. The number of allylic oxidation sites excluding steroid dienone is 1. The van der Waals surface area contributed by atoms with Crippen LogP contribution in [0.25, 0.3) is 0 Å². The highest BCUT2D eigenvalue weighted by molar-refractivity contribution is 9.10. The number of benzene rings is 1. The molecule has 0 aromatic heterocycles. The summed E-state index contributed by atoms with van der Waals surface area (Å²) >= 11 is 3.47. The third kappa shape index (κ3) is 5.47. The number of hydrogen-bond acceptors (Lipinski definition) is 1. The molecule has 0 saturated heterocycles. The van der Waals surface area contributed by atoms with Crippen molar-refractivity contribution in [1.29, 1.82) is 0 Å². The standard InChI is InChI=1S/C15H20BrNO2/c1-4-6-12(10-15(2,3)17-14(18)19)11-7-5-8-13(16)9-11/h4-5,7-9,12,17H,1,6,10H2,2-3H3,(H,18,19)/t12-/m0/s1. The number of halogens is 1. The largest absolute Gasteiger partial charge is 0.465 e.